The Morgan fingerprint density at radius 1 is 0.939 bits per heavy atom. The van der Waals surface area contributed by atoms with Crippen molar-refractivity contribution >= 4 is 27.6 Å². The van der Waals surface area contributed by atoms with Gasteiger partial charge >= 0.3 is 5.97 Å². The number of halogens is 2. The predicted octanol–water partition coefficient (Wildman–Crippen LogP) is 3.75. The highest BCUT2D eigenvalue weighted by Crippen LogP contribution is 2.26. The number of sulfonamides is 1. The van der Waals surface area contributed by atoms with E-state index in [2.05, 4.69) is 4.72 Å². The van der Waals surface area contributed by atoms with E-state index in [1.165, 1.54) is 43.3 Å². The van der Waals surface area contributed by atoms with Gasteiger partial charge < -0.3 is 9.64 Å². The van der Waals surface area contributed by atoms with Gasteiger partial charge in [-0.05, 0) is 30.3 Å². The van der Waals surface area contributed by atoms with E-state index in [1.807, 2.05) is 0 Å². The fourth-order valence-corrected chi connectivity index (χ4v) is 4.10. The molecule has 1 atom stereocenters. The third-order valence-corrected chi connectivity index (χ3v) is 5.95. The van der Waals surface area contributed by atoms with Gasteiger partial charge in [0.25, 0.3) is 15.9 Å². The van der Waals surface area contributed by atoms with Crippen LogP contribution >= 0.6 is 0 Å². The molecule has 0 heterocycles. The number of hydrogen-bond donors (Lipinski definition) is 1. The lowest BCUT2D eigenvalue weighted by Gasteiger charge is -2.22. The minimum absolute atomic E-state index is 0.217. The zero-order valence-electron chi connectivity index (χ0n) is 17.7. The molecule has 3 aromatic carbocycles. The van der Waals surface area contributed by atoms with Crippen molar-refractivity contribution in [2.45, 2.75) is 11.0 Å². The van der Waals surface area contributed by atoms with Crippen LogP contribution in [0, 0.1) is 11.6 Å². The van der Waals surface area contributed by atoms with Gasteiger partial charge in [-0.1, -0.05) is 42.5 Å². The summed E-state index contributed by atoms with van der Waals surface area (Å²) in [5.41, 5.74) is -0.0231. The van der Waals surface area contributed by atoms with Crippen molar-refractivity contribution in [3.8, 4) is 0 Å². The quantitative estimate of drug-likeness (QED) is 0.527. The Hall–Kier alpha value is -3.79. The van der Waals surface area contributed by atoms with E-state index < -0.39 is 44.5 Å². The highest BCUT2D eigenvalue weighted by Gasteiger charge is 2.29. The molecule has 0 fully saturated rings. The lowest BCUT2D eigenvalue weighted by atomic mass is 10.1. The summed E-state index contributed by atoms with van der Waals surface area (Å²) in [6, 6.07) is 15.7. The second kappa shape index (κ2) is 9.78. The molecule has 1 amide bonds. The van der Waals surface area contributed by atoms with Crippen LogP contribution in [0.1, 0.15) is 22.0 Å². The largest absolute Gasteiger partial charge is 0.444 e. The van der Waals surface area contributed by atoms with Crippen LogP contribution in [-0.2, 0) is 19.6 Å². The van der Waals surface area contributed by atoms with Crippen molar-refractivity contribution in [2.75, 3.05) is 18.8 Å². The molecular weight excluding hydrogens is 454 g/mol. The maximum atomic E-state index is 14.0. The Labute approximate surface area is 189 Å². The normalized spacial score (nSPS) is 12.0. The minimum atomic E-state index is -4.58. The third kappa shape index (κ3) is 5.53. The summed E-state index contributed by atoms with van der Waals surface area (Å²) in [5, 5.41) is 0. The van der Waals surface area contributed by atoms with E-state index in [9.17, 15) is 26.8 Å². The third-order valence-electron chi connectivity index (χ3n) is 4.57. The Bertz CT molecular complexity index is 1280. The first kappa shape index (κ1) is 23.9. The van der Waals surface area contributed by atoms with E-state index in [1.54, 1.807) is 30.3 Å². The monoisotopic (exact) mass is 474 g/mol. The Morgan fingerprint density at radius 2 is 1.58 bits per heavy atom. The molecule has 3 rings (SSSR count). The summed E-state index contributed by atoms with van der Waals surface area (Å²) >= 11 is 0. The van der Waals surface area contributed by atoms with Crippen molar-refractivity contribution in [3.05, 3.63) is 95.6 Å². The second-order valence-corrected chi connectivity index (χ2v) is 8.81. The summed E-state index contributed by atoms with van der Waals surface area (Å²) in [4.78, 5) is 25.9. The van der Waals surface area contributed by atoms with Crippen LogP contribution in [0.4, 0.5) is 14.5 Å². The van der Waals surface area contributed by atoms with Gasteiger partial charge in [-0.2, -0.15) is 0 Å². The van der Waals surface area contributed by atoms with Gasteiger partial charge in [0.05, 0.1) is 11.3 Å². The van der Waals surface area contributed by atoms with Crippen LogP contribution in [0.15, 0.2) is 77.7 Å². The number of esters is 1. The van der Waals surface area contributed by atoms with Crippen LogP contribution in [-0.4, -0.2) is 39.3 Å². The molecule has 0 spiro atoms. The second-order valence-electron chi connectivity index (χ2n) is 7.15. The molecule has 0 aliphatic heterocycles. The number of para-hydroxylation sites is 1. The first-order valence-corrected chi connectivity index (χ1v) is 11.1. The molecule has 172 valence electrons. The summed E-state index contributed by atoms with van der Waals surface area (Å²) in [6.45, 7) is 0. The molecule has 10 heteroatoms. The molecule has 1 N–H and O–H groups in total. The average Bonchev–Trinajstić information content (AvgIpc) is 2.79. The number of anilines is 1. The van der Waals surface area contributed by atoms with Crippen LogP contribution < -0.4 is 4.72 Å². The van der Waals surface area contributed by atoms with Crippen molar-refractivity contribution in [1.29, 1.82) is 0 Å². The molecule has 0 saturated heterocycles. The molecular formula is C23H20F2N2O5S. The number of nitrogens with zero attached hydrogens (tertiary/aromatic N) is 1. The number of amides is 1. The van der Waals surface area contributed by atoms with Gasteiger partial charge in [0, 0.05) is 19.7 Å². The number of ether oxygens (including phenoxy) is 1. The van der Waals surface area contributed by atoms with Crippen molar-refractivity contribution in [2.24, 2.45) is 0 Å². The van der Waals surface area contributed by atoms with Crippen LogP contribution in [0.3, 0.4) is 0 Å². The van der Waals surface area contributed by atoms with Gasteiger partial charge in [0.2, 0.25) is 6.10 Å². The van der Waals surface area contributed by atoms with Gasteiger partial charge in [-0.15, -0.1) is 0 Å². The smallest absolute Gasteiger partial charge is 0.341 e. The topological polar surface area (TPSA) is 92.8 Å². The molecule has 0 saturated carbocycles. The van der Waals surface area contributed by atoms with E-state index in [0.717, 1.165) is 6.07 Å². The Kier molecular flexibility index (Phi) is 7.07. The number of carbonyl (C=O) groups excluding carboxylic acids is 2. The fraction of sp³-hybridized carbons (Fsp3) is 0.130. The first-order chi connectivity index (χ1) is 15.6. The minimum Gasteiger partial charge on any atom is -0.444 e. The summed E-state index contributed by atoms with van der Waals surface area (Å²) in [6.07, 6.45) is -1.28. The lowest BCUT2D eigenvalue weighted by Crippen LogP contribution is -2.31. The maximum absolute atomic E-state index is 14.0. The van der Waals surface area contributed by atoms with Crippen LogP contribution in [0.25, 0.3) is 0 Å². The lowest BCUT2D eigenvalue weighted by molar-refractivity contribution is -0.138. The van der Waals surface area contributed by atoms with E-state index in [4.69, 9.17) is 4.74 Å². The number of nitrogens with one attached hydrogen (secondary N) is 1. The van der Waals surface area contributed by atoms with Gasteiger partial charge in [-0.25, -0.2) is 22.0 Å². The highest BCUT2D eigenvalue weighted by molar-refractivity contribution is 7.92. The number of carbonyl (C=O) groups is 2. The van der Waals surface area contributed by atoms with Crippen LogP contribution in [0.2, 0.25) is 0 Å². The molecule has 1 unspecified atom stereocenters. The molecule has 0 aliphatic carbocycles. The Balaban J connectivity index is 1.94. The number of rotatable bonds is 7. The standard InChI is InChI=1S/C23H20F2N2O5S/c1-27(2)22(28)21(15-8-4-3-5-9-15)32-23(29)17-10-6-7-11-19(17)26-33(30,31)20-14-16(24)12-13-18(20)25/h3-14,21,26H,1-2H3. The summed E-state index contributed by atoms with van der Waals surface area (Å²) in [5.74, 6) is -3.60. The van der Waals surface area contributed by atoms with E-state index in [0.29, 0.717) is 17.7 Å². The molecule has 0 bridgehead atoms. The predicted molar refractivity (Wildman–Crippen MR) is 117 cm³/mol. The van der Waals surface area contributed by atoms with Crippen molar-refractivity contribution in [3.63, 3.8) is 0 Å². The highest BCUT2D eigenvalue weighted by atomic mass is 32.2. The van der Waals surface area contributed by atoms with E-state index >= 15 is 0 Å². The zero-order chi connectivity index (χ0) is 24.2. The van der Waals surface area contributed by atoms with Crippen LogP contribution in [0.5, 0.6) is 0 Å². The van der Waals surface area contributed by atoms with Crippen molar-refractivity contribution < 1.29 is 31.5 Å². The molecule has 0 aliphatic rings. The summed E-state index contributed by atoms with van der Waals surface area (Å²) < 4.78 is 60.4. The van der Waals surface area contributed by atoms with Gasteiger partial charge in [0.1, 0.15) is 16.5 Å². The maximum Gasteiger partial charge on any atom is 0.341 e. The number of benzene rings is 3. The molecule has 0 aromatic heterocycles. The molecule has 33 heavy (non-hydrogen) atoms. The molecule has 3 aromatic rings. The average molecular weight is 474 g/mol. The molecule has 7 nitrogen and oxygen atoms in total. The fourth-order valence-electron chi connectivity index (χ4n) is 2.93. The molecule has 0 radical (unpaired) electrons. The first-order valence-electron chi connectivity index (χ1n) is 9.64. The van der Waals surface area contributed by atoms with Gasteiger partial charge in [0.15, 0.2) is 0 Å². The summed E-state index contributed by atoms with van der Waals surface area (Å²) in [7, 11) is -1.58. The Morgan fingerprint density at radius 3 is 2.24 bits per heavy atom. The number of hydrogen-bond acceptors (Lipinski definition) is 5. The number of likely N-dealkylation sites (N-methyl/N-ethyl adjacent to an activating group) is 1. The zero-order valence-corrected chi connectivity index (χ0v) is 18.5. The SMILES string of the molecule is CN(C)C(=O)C(OC(=O)c1ccccc1NS(=O)(=O)c1cc(F)ccc1F)c1ccccc1. The van der Waals surface area contributed by atoms with Crippen molar-refractivity contribution in [1.82, 2.24) is 4.90 Å². The van der Waals surface area contributed by atoms with E-state index in [-0.39, 0.29) is 11.3 Å². The van der Waals surface area contributed by atoms with Gasteiger partial charge in [-0.3, -0.25) is 9.52 Å².